The number of nitrogens with two attached hydrogens (primary N) is 1. The molecule has 0 aliphatic carbocycles. The van der Waals surface area contributed by atoms with Crippen molar-refractivity contribution in [3.05, 3.63) is 34.9 Å². The van der Waals surface area contributed by atoms with Gasteiger partial charge < -0.3 is 10.6 Å². The largest absolute Gasteiger partial charge is 0.324 e. The van der Waals surface area contributed by atoms with Gasteiger partial charge in [-0.05, 0) is 55.5 Å². The minimum absolute atomic E-state index is 0.118. The molecule has 1 aromatic rings. The van der Waals surface area contributed by atoms with Gasteiger partial charge in [-0.3, -0.25) is 0 Å². The van der Waals surface area contributed by atoms with Crippen LogP contribution in [-0.4, -0.2) is 24.5 Å². The second kappa shape index (κ2) is 6.74. The van der Waals surface area contributed by atoms with Crippen molar-refractivity contribution in [2.45, 2.75) is 32.7 Å². The van der Waals surface area contributed by atoms with E-state index in [1.165, 1.54) is 25.1 Å². The van der Waals surface area contributed by atoms with Gasteiger partial charge in [0.25, 0.3) is 0 Å². The summed E-state index contributed by atoms with van der Waals surface area (Å²) in [6.07, 6.45) is 2.33. The first-order chi connectivity index (χ1) is 9.06. The molecule has 0 radical (unpaired) electrons. The highest BCUT2D eigenvalue weighted by atomic mass is 35.5. The molecule has 19 heavy (non-hydrogen) atoms. The molecule has 0 aromatic heterocycles. The fourth-order valence-corrected chi connectivity index (χ4v) is 2.88. The Labute approximate surface area is 121 Å². The summed E-state index contributed by atoms with van der Waals surface area (Å²) in [7, 11) is 0. The molecule has 3 heteroatoms. The van der Waals surface area contributed by atoms with Gasteiger partial charge in [0, 0.05) is 17.6 Å². The number of halogens is 1. The number of hydrogen-bond acceptors (Lipinski definition) is 2. The number of piperidine rings is 1. The molecule has 106 valence electrons. The Morgan fingerprint density at radius 2 is 1.95 bits per heavy atom. The molecule has 1 aliphatic rings. The van der Waals surface area contributed by atoms with Gasteiger partial charge in [0.05, 0.1) is 0 Å². The first-order valence-corrected chi connectivity index (χ1v) is 7.67. The number of nitrogens with zero attached hydrogens (tertiary/aromatic N) is 1. The molecule has 1 aromatic carbocycles. The van der Waals surface area contributed by atoms with Gasteiger partial charge in [0.1, 0.15) is 0 Å². The number of hydrogen-bond donors (Lipinski definition) is 1. The van der Waals surface area contributed by atoms with Gasteiger partial charge >= 0.3 is 0 Å². The lowest BCUT2D eigenvalue weighted by atomic mass is 9.88. The summed E-state index contributed by atoms with van der Waals surface area (Å²) in [4.78, 5) is 2.56. The summed E-state index contributed by atoms with van der Waals surface area (Å²) in [6.45, 7) is 8.26. The third-order valence-corrected chi connectivity index (χ3v) is 4.72. The quantitative estimate of drug-likeness (QED) is 0.911. The Morgan fingerprint density at radius 1 is 1.26 bits per heavy atom. The molecule has 3 atom stereocenters. The molecule has 0 amide bonds. The highest BCUT2D eigenvalue weighted by Crippen LogP contribution is 2.24. The van der Waals surface area contributed by atoms with Crippen molar-refractivity contribution in [1.82, 2.24) is 4.90 Å². The van der Waals surface area contributed by atoms with E-state index in [2.05, 4.69) is 18.7 Å². The second-order valence-corrected chi connectivity index (χ2v) is 6.43. The molecule has 0 saturated carbocycles. The zero-order valence-corrected chi connectivity index (χ0v) is 12.7. The van der Waals surface area contributed by atoms with Crippen molar-refractivity contribution >= 4 is 11.6 Å². The Kier molecular flexibility index (Phi) is 5.26. The fraction of sp³-hybridized carbons (Fsp3) is 0.625. The highest BCUT2D eigenvalue weighted by Gasteiger charge is 2.22. The van der Waals surface area contributed by atoms with Crippen LogP contribution in [-0.2, 0) is 0 Å². The number of likely N-dealkylation sites (tertiary alicyclic amines) is 1. The van der Waals surface area contributed by atoms with Crippen LogP contribution in [0.5, 0.6) is 0 Å². The van der Waals surface area contributed by atoms with Crippen LogP contribution < -0.4 is 5.73 Å². The predicted octanol–water partition coefficient (Wildman–Crippen LogP) is 3.71. The fourth-order valence-electron chi connectivity index (χ4n) is 2.75. The Hall–Kier alpha value is -0.570. The lowest BCUT2D eigenvalue weighted by molar-refractivity contribution is 0.135. The van der Waals surface area contributed by atoms with Gasteiger partial charge in [0.2, 0.25) is 0 Å². The summed E-state index contributed by atoms with van der Waals surface area (Å²) >= 11 is 5.90. The topological polar surface area (TPSA) is 29.3 Å². The summed E-state index contributed by atoms with van der Waals surface area (Å²) in [5, 5.41) is 0.773. The van der Waals surface area contributed by atoms with Gasteiger partial charge in [0.15, 0.2) is 0 Å². The van der Waals surface area contributed by atoms with E-state index in [0.717, 1.165) is 29.8 Å². The minimum atomic E-state index is 0.118. The van der Waals surface area contributed by atoms with Crippen LogP contribution in [0.1, 0.15) is 38.3 Å². The molecule has 1 saturated heterocycles. The summed E-state index contributed by atoms with van der Waals surface area (Å²) in [5.41, 5.74) is 7.44. The lowest BCUT2D eigenvalue weighted by Crippen LogP contribution is -2.39. The molecular weight excluding hydrogens is 256 g/mol. The standard InChI is InChI=1S/C16H25ClN2/c1-12-7-9-19(11-13(12)2)10-8-16(18)14-3-5-15(17)6-4-14/h3-6,12-13,16H,7-11,18H2,1-2H3. The van der Waals surface area contributed by atoms with Crippen LogP contribution in [0.25, 0.3) is 0 Å². The van der Waals surface area contributed by atoms with E-state index < -0.39 is 0 Å². The van der Waals surface area contributed by atoms with Crippen LogP contribution in [0.15, 0.2) is 24.3 Å². The van der Waals surface area contributed by atoms with Crippen molar-refractivity contribution < 1.29 is 0 Å². The van der Waals surface area contributed by atoms with Crippen LogP contribution in [0.2, 0.25) is 5.02 Å². The van der Waals surface area contributed by atoms with E-state index in [-0.39, 0.29) is 6.04 Å². The molecule has 2 N–H and O–H groups in total. The van der Waals surface area contributed by atoms with Gasteiger partial charge in [-0.2, -0.15) is 0 Å². The average molecular weight is 281 g/mol. The lowest BCUT2D eigenvalue weighted by Gasteiger charge is -2.35. The smallest absolute Gasteiger partial charge is 0.0406 e. The SMILES string of the molecule is CC1CCN(CCC(N)c2ccc(Cl)cc2)CC1C. The maximum absolute atomic E-state index is 6.25. The molecule has 1 aliphatic heterocycles. The molecule has 0 bridgehead atoms. The Bertz CT molecular complexity index is 390. The predicted molar refractivity (Wildman–Crippen MR) is 82.4 cm³/mol. The van der Waals surface area contributed by atoms with E-state index in [1.54, 1.807) is 0 Å². The van der Waals surface area contributed by atoms with E-state index in [1.807, 2.05) is 24.3 Å². The van der Waals surface area contributed by atoms with Crippen molar-refractivity contribution in [3.8, 4) is 0 Å². The highest BCUT2D eigenvalue weighted by molar-refractivity contribution is 6.30. The van der Waals surface area contributed by atoms with Gasteiger partial charge in [-0.25, -0.2) is 0 Å². The minimum Gasteiger partial charge on any atom is -0.324 e. The van der Waals surface area contributed by atoms with Crippen molar-refractivity contribution in [1.29, 1.82) is 0 Å². The van der Waals surface area contributed by atoms with Crippen molar-refractivity contribution in [3.63, 3.8) is 0 Å². The molecule has 2 nitrogen and oxygen atoms in total. The summed E-state index contributed by atoms with van der Waals surface area (Å²) in [5.74, 6) is 1.67. The van der Waals surface area contributed by atoms with E-state index in [4.69, 9.17) is 17.3 Å². The Morgan fingerprint density at radius 3 is 2.58 bits per heavy atom. The molecular formula is C16H25ClN2. The summed E-state index contributed by atoms with van der Waals surface area (Å²) < 4.78 is 0. The van der Waals surface area contributed by atoms with Crippen molar-refractivity contribution in [2.24, 2.45) is 17.6 Å². The van der Waals surface area contributed by atoms with Crippen LogP contribution in [0.3, 0.4) is 0 Å². The molecule has 0 spiro atoms. The van der Waals surface area contributed by atoms with E-state index in [9.17, 15) is 0 Å². The normalized spacial score (nSPS) is 26.3. The van der Waals surface area contributed by atoms with E-state index in [0.29, 0.717) is 0 Å². The van der Waals surface area contributed by atoms with E-state index >= 15 is 0 Å². The first kappa shape index (κ1) is 14.8. The van der Waals surface area contributed by atoms with Gasteiger partial charge in [-0.1, -0.05) is 37.6 Å². The molecule has 2 rings (SSSR count). The third-order valence-electron chi connectivity index (χ3n) is 4.47. The maximum Gasteiger partial charge on any atom is 0.0406 e. The number of rotatable bonds is 4. The zero-order valence-electron chi connectivity index (χ0n) is 12.0. The van der Waals surface area contributed by atoms with Crippen LogP contribution in [0.4, 0.5) is 0 Å². The Balaban J connectivity index is 1.80. The van der Waals surface area contributed by atoms with Crippen molar-refractivity contribution in [2.75, 3.05) is 19.6 Å². The second-order valence-electron chi connectivity index (χ2n) is 5.99. The molecule has 3 unspecified atom stereocenters. The average Bonchev–Trinajstić information content (AvgIpc) is 2.40. The number of benzene rings is 1. The zero-order chi connectivity index (χ0) is 13.8. The molecule has 1 fully saturated rings. The third kappa shape index (κ3) is 4.20. The van der Waals surface area contributed by atoms with Gasteiger partial charge in [-0.15, -0.1) is 0 Å². The van der Waals surface area contributed by atoms with Crippen LogP contribution >= 0.6 is 11.6 Å². The van der Waals surface area contributed by atoms with Crippen LogP contribution in [0, 0.1) is 11.8 Å². The first-order valence-electron chi connectivity index (χ1n) is 7.29. The summed E-state index contributed by atoms with van der Waals surface area (Å²) in [6, 6.07) is 8.02. The monoisotopic (exact) mass is 280 g/mol. The molecule has 1 heterocycles. The maximum atomic E-state index is 6.25.